The fraction of sp³-hybridized carbons (Fsp3) is 0.556. The third kappa shape index (κ3) is 3.61. The lowest BCUT2D eigenvalue weighted by Crippen LogP contribution is -2.29. The molecule has 0 bridgehead atoms. The maximum atomic E-state index is 12.5. The molecule has 1 atom stereocenters. The van der Waals surface area contributed by atoms with Crippen LogP contribution in [0.4, 0.5) is 26.3 Å². The molecule has 0 saturated carbocycles. The molecule has 1 aliphatic rings. The van der Waals surface area contributed by atoms with Crippen molar-refractivity contribution in [3.63, 3.8) is 0 Å². The van der Waals surface area contributed by atoms with Crippen molar-refractivity contribution in [1.82, 2.24) is 0 Å². The molecule has 0 fully saturated rings. The molecule has 17 heavy (non-hydrogen) atoms. The van der Waals surface area contributed by atoms with Crippen LogP contribution in [-0.2, 0) is 0 Å². The van der Waals surface area contributed by atoms with Crippen LogP contribution in [0.25, 0.3) is 0 Å². The van der Waals surface area contributed by atoms with Gasteiger partial charge in [-0.2, -0.15) is 26.3 Å². The Balaban J connectivity index is 3.23. The van der Waals surface area contributed by atoms with Gasteiger partial charge in [0.1, 0.15) is 0 Å². The summed E-state index contributed by atoms with van der Waals surface area (Å²) < 4.78 is 73.5. The molecular weight excluding hydrogens is 286 g/mol. The Labute approximate surface area is 103 Å². The van der Waals surface area contributed by atoms with Gasteiger partial charge in [0, 0.05) is 10.3 Å². The van der Waals surface area contributed by atoms with Crippen LogP contribution in [0.1, 0.15) is 13.3 Å². The summed E-state index contributed by atoms with van der Waals surface area (Å²) in [5.74, 6) is 0. The first-order valence-corrected chi connectivity index (χ1v) is 6.25. The summed E-state index contributed by atoms with van der Waals surface area (Å²) in [5, 5.41) is 0. The van der Waals surface area contributed by atoms with E-state index in [4.69, 9.17) is 0 Å². The van der Waals surface area contributed by atoms with E-state index >= 15 is 0 Å². The normalized spacial score (nSPS) is 26.6. The van der Waals surface area contributed by atoms with Gasteiger partial charge in [0.15, 0.2) is 0 Å². The number of hydrogen-bond donors (Lipinski definition) is 1. The van der Waals surface area contributed by atoms with Gasteiger partial charge in [0.2, 0.25) is 0 Å². The van der Waals surface area contributed by atoms with Crippen molar-refractivity contribution >= 4 is 22.5 Å². The van der Waals surface area contributed by atoms with Crippen LogP contribution in [-0.4, -0.2) is 17.1 Å². The van der Waals surface area contributed by atoms with Crippen molar-refractivity contribution in [3.05, 3.63) is 23.3 Å². The molecule has 0 amide bonds. The minimum absolute atomic E-state index is 0.158. The van der Waals surface area contributed by atoms with E-state index < -0.39 is 34.7 Å². The second-order valence-corrected chi connectivity index (χ2v) is 5.51. The van der Waals surface area contributed by atoms with Crippen molar-refractivity contribution in [1.29, 1.82) is 0 Å². The second-order valence-electron chi connectivity index (χ2n) is 3.85. The lowest BCUT2D eigenvalue weighted by atomic mass is 9.90. The lowest BCUT2D eigenvalue weighted by molar-refractivity contribution is -0.0993. The van der Waals surface area contributed by atoms with E-state index in [0.717, 1.165) is 6.08 Å². The molecule has 0 aromatic rings. The van der Waals surface area contributed by atoms with Crippen LogP contribution in [0.2, 0.25) is 0 Å². The number of alkyl halides is 6. The predicted octanol–water partition coefficient (Wildman–Crippen LogP) is 4.70. The SMILES string of the molecule is CC1(SS)C=C(C(F)(F)F)C=C(C(F)(F)F)C1. The van der Waals surface area contributed by atoms with Crippen LogP contribution < -0.4 is 0 Å². The second kappa shape index (κ2) is 4.46. The Morgan fingerprint density at radius 2 is 1.71 bits per heavy atom. The molecule has 0 aromatic carbocycles. The molecule has 0 aromatic heterocycles. The number of thiol groups is 1. The molecule has 0 saturated heterocycles. The highest BCUT2D eigenvalue weighted by Crippen LogP contribution is 2.47. The van der Waals surface area contributed by atoms with Crippen LogP contribution in [0.5, 0.6) is 0 Å². The molecular formula is C9H8F6S2. The van der Waals surface area contributed by atoms with Gasteiger partial charge < -0.3 is 0 Å². The highest BCUT2D eigenvalue weighted by molar-refractivity contribution is 8.69. The predicted molar refractivity (Wildman–Crippen MR) is 57.9 cm³/mol. The first kappa shape index (κ1) is 14.8. The fourth-order valence-corrected chi connectivity index (χ4v) is 2.19. The number of rotatable bonds is 1. The zero-order valence-electron chi connectivity index (χ0n) is 8.49. The van der Waals surface area contributed by atoms with Gasteiger partial charge in [0.05, 0.1) is 5.57 Å². The van der Waals surface area contributed by atoms with Crippen molar-refractivity contribution in [3.8, 4) is 0 Å². The molecule has 1 unspecified atom stereocenters. The van der Waals surface area contributed by atoms with Gasteiger partial charge in [0.25, 0.3) is 0 Å². The molecule has 0 aliphatic heterocycles. The van der Waals surface area contributed by atoms with E-state index in [1.807, 2.05) is 0 Å². The molecule has 8 heteroatoms. The summed E-state index contributed by atoms with van der Waals surface area (Å²) >= 11 is 3.73. The quantitative estimate of drug-likeness (QED) is 0.415. The van der Waals surface area contributed by atoms with E-state index in [-0.39, 0.29) is 6.08 Å². The summed E-state index contributed by atoms with van der Waals surface area (Å²) in [7, 11) is 0.665. The topological polar surface area (TPSA) is 0 Å². The van der Waals surface area contributed by atoms with Crippen LogP contribution >= 0.6 is 22.5 Å². The Morgan fingerprint density at radius 1 is 1.18 bits per heavy atom. The minimum Gasteiger partial charge on any atom is -0.166 e. The molecule has 1 rings (SSSR count). The fourth-order valence-electron chi connectivity index (χ4n) is 1.44. The molecule has 98 valence electrons. The first-order chi connectivity index (χ1) is 7.48. The monoisotopic (exact) mass is 294 g/mol. The molecule has 0 N–H and O–H groups in total. The number of hydrogen-bond acceptors (Lipinski definition) is 2. The third-order valence-corrected chi connectivity index (χ3v) is 4.16. The van der Waals surface area contributed by atoms with Gasteiger partial charge in [-0.05, 0) is 19.4 Å². The Kier molecular flexibility index (Phi) is 3.88. The maximum absolute atomic E-state index is 12.5. The van der Waals surface area contributed by atoms with Gasteiger partial charge in [-0.15, -0.1) is 11.7 Å². The van der Waals surface area contributed by atoms with Crippen molar-refractivity contribution < 1.29 is 26.3 Å². The number of allylic oxidation sites excluding steroid dienone is 3. The zero-order chi connectivity index (χ0) is 13.5. The van der Waals surface area contributed by atoms with E-state index in [9.17, 15) is 26.3 Å². The molecule has 1 aliphatic carbocycles. The molecule has 0 spiro atoms. The van der Waals surface area contributed by atoms with Crippen molar-refractivity contribution in [2.45, 2.75) is 30.4 Å². The van der Waals surface area contributed by atoms with Crippen LogP contribution in [0, 0.1) is 0 Å². The summed E-state index contributed by atoms with van der Waals surface area (Å²) in [6.07, 6.45) is -9.13. The number of halogens is 6. The standard InChI is InChI=1S/C9H8F6S2/c1-7(17-16)3-5(8(10,11)12)2-6(4-7)9(13,14)15/h2-3,16H,4H2,1H3. The Hall–Kier alpha value is -0.240. The average molecular weight is 294 g/mol. The van der Waals surface area contributed by atoms with E-state index in [0.29, 0.717) is 10.8 Å². The van der Waals surface area contributed by atoms with Crippen molar-refractivity contribution in [2.75, 3.05) is 0 Å². The Morgan fingerprint density at radius 3 is 2.06 bits per heavy atom. The zero-order valence-corrected chi connectivity index (χ0v) is 10.2. The smallest absolute Gasteiger partial charge is 0.166 e. The summed E-state index contributed by atoms with van der Waals surface area (Å²) in [5.41, 5.74) is -2.46. The maximum Gasteiger partial charge on any atom is 0.416 e. The van der Waals surface area contributed by atoms with E-state index in [1.165, 1.54) is 6.92 Å². The molecule has 0 nitrogen and oxygen atoms in total. The minimum atomic E-state index is -4.79. The van der Waals surface area contributed by atoms with E-state index in [2.05, 4.69) is 11.7 Å². The third-order valence-electron chi connectivity index (χ3n) is 2.23. The largest absolute Gasteiger partial charge is 0.416 e. The van der Waals surface area contributed by atoms with Gasteiger partial charge in [-0.3, -0.25) is 0 Å². The first-order valence-electron chi connectivity index (χ1n) is 4.38. The summed E-state index contributed by atoms with van der Waals surface area (Å²) in [6.45, 7) is 1.29. The Bertz CT molecular complexity index is 365. The summed E-state index contributed by atoms with van der Waals surface area (Å²) in [6, 6.07) is 0. The molecule has 0 radical (unpaired) electrons. The lowest BCUT2D eigenvalue weighted by Gasteiger charge is -2.30. The summed E-state index contributed by atoms with van der Waals surface area (Å²) in [4.78, 5) is 0. The van der Waals surface area contributed by atoms with Gasteiger partial charge >= 0.3 is 12.4 Å². The molecule has 0 heterocycles. The highest BCUT2D eigenvalue weighted by Gasteiger charge is 2.45. The van der Waals surface area contributed by atoms with Gasteiger partial charge in [-0.1, -0.05) is 16.9 Å². The van der Waals surface area contributed by atoms with Crippen LogP contribution in [0.3, 0.4) is 0 Å². The van der Waals surface area contributed by atoms with E-state index in [1.54, 1.807) is 0 Å². The van der Waals surface area contributed by atoms with Crippen LogP contribution in [0.15, 0.2) is 23.3 Å². The van der Waals surface area contributed by atoms with Gasteiger partial charge in [-0.25, -0.2) is 0 Å². The van der Waals surface area contributed by atoms with Crippen molar-refractivity contribution in [2.24, 2.45) is 0 Å². The average Bonchev–Trinajstić information content (AvgIpc) is 2.14. The highest BCUT2D eigenvalue weighted by atomic mass is 33.1.